The molecule has 0 saturated heterocycles. The summed E-state index contributed by atoms with van der Waals surface area (Å²) in [6.07, 6.45) is 3.01. The van der Waals surface area contributed by atoms with Crippen LogP contribution in [0.1, 0.15) is 16.1 Å². The number of nitrogens with zero attached hydrogens (tertiary/aromatic N) is 3. The minimum absolute atomic E-state index is 0.255. The van der Waals surface area contributed by atoms with Crippen molar-refractivity contribution in [2.24, 2.45) is 0 Å². The number of rotatable bonds is 3. The highest BCUT2D eigenvalue weighted by molar-refractivity contribution is 6.31. The van der Waals surface area contributed by atoms with Gasteiger partial charge in [-0.25, -0.2) is 9.67 Å². The third-order valence-corrected chi connectivity index (χ3v) is 4.16. The molecule has 4 rings (SSSR count). The van der Waals surface area contributed by atoms with E-state index in [4.69, 9.17) is 16.0 Å². The second-order valence-electron chi connectivity index (χ2n) is 5.51. The Morgan fingerprint density at radius 2 is 2.08 bits per heavy atom. The van der Waals surface area contributed by atoms with E-state index in [2.05, 4.69) is 15.4 Å². The largest absolute Gasteiger partial charge is 0.451 e. The highest BCUT2D eigenvalue weighted by atomic mass is 35.5. The maximum Gasteiger partial charge on any atom is 0.291 e. The van der Waals surface area contributed by atoms with Crippen LogP contribution in [0.15, 0.2) is 59.5 Å². The third-order valence-electron chi connectivity index (χ3n) is 3.92. The summed E-state index contributed by atoms with van der Waals surface area (Å²) >= 11 is 6.03. The van der Waals surface area contributed by atoms with Gasteiger partial charge in [0, 0.05) is 16.0 Å². The quantitative estimate of drug-likeness (QED) is 0.599. The molecule has 0 aliphatic heterocycles. The van der Waals surface area contributed by atoms with Crippen LogP contribution in [0.4, 0.5) is 5.69 Å². The Bertz CT molecular complexity index is 1070. The number of hydrogen-bond donors (Lipinski definition) is 1. The molecule has 4 aromatic rings. The number of amides is 1. The number of carbonyl (C=O) groups excluding carboxylic acids is 1. The van der Waals surface area contributed by atoms with Gasteiger partial charge in [0.25, 0.3) is 5.91 Å². The lowest BCUT2D eigenvalue weighted by Crippen LogP contribution is -2.14. The van der Waals surface area contributed by atoms with Crippen LogP contribution in [0.25, 0.3) is 16.7 Å². The van der Waals surface area contributed by atoms with Gasteiger partial charge in [-0.3, -0.25) is 4.79 Å². The molecule has 2 aromatic heterocycles. The Morgan fingerprint density at radius 3 is 2.88 bits per heavy atom. The van der Waals surface area contributed by atoms with Crippen molar-refractivity contribution in [2.75, 3.05) is 5.32 Å². The van der Waals surface area contributed by atoms with Crippen molar-refractivity contribution in [3.05, 3.63) is 71.5 Å². The standard InChI is InChI=1S/C18H13ClN4O2/c1-11-13-8-12(19)6-7-16(13)25-17(11)18(24)22-14-4-2-3-5-15(14)23-10-20-9-21-23/h2-10H,1H3,(H,22,24). The summed E-state index contributed by atoms with van der Waals surface area (Å²) < 4.78 is 7.30. The van der Waals surface area contributed by atoms with E-state index < -0.39 is 0 Å². The smallest absolute Gasteiger partial charge is 0.291 e. The molecule has 1 amide bonds. The predicted octanol–water partition coefficient (Wildman–Crippen LogP) is 4.23. The normalized spacial score (nSPS) is 11.0. The Kier molecular flexibility index (Phi) is 3.74. The van der Waals surface area contributed by atoms with Gasteiger partial charge < -0.3 is 9.73 Å². The third kappa shape index (κ3) is 2.77. The minimum atomic E-state index is -0.336. The van der Waals surface area contributed by atoms with Crippen molar-refractivity contribution >= 4 is 34.2 Å². The van der Waals surface area contributed by atoms with Crippen LogP contribution in [0.5, 0.6) is 0 Å². The van der Waals surface area contributed by atoms with E-state index in [0.717, 1.165) is 10.9 Å². The van der Waals surface area contributed by atoms with E-state index in [9.17, 15) is 4.79 Å². The molecule has 0 spiro atoms. The van der Waals surface area contributed by atoms with Gasteiger partial charge in [0.2, 0.25) is 0 Å². The summed E-state index contributed by atoms with van der Waals surface area (Å²) in [7, 11) is 0. The molecule has 25 heavy (non-hydrogen) atoms. The zero-order valence-corrected chi connectivity index (χ0v) is 14.0. The van der Waals surface area contributed by atoms with E-state index in [0.29, 0.717) is 22.0 Å². The van der Waals surface area contributed by atoms with Gasteiger partial charge in [0.15, 0.2) is 5.76 Å². The molecule has 0 aliphatic carbocycles. The first-order chi connectivity index (χ1) is 12.1. The Labute approximate surface area is 148 Å². The molecule has 2 aromatic carbocycles. The molecule has 0 bridgehead atoms. The minimum Gasteiger partial charge on any atom is -0.451 e. The van der Waals surface area contributed by atoms with Crippen LogP contribution in [-0.4, -0.2) is 20.7 Å². The molecule has 124 valence electrons. The second kappa shape index (κ2) is 6.07. The lowest BCUT2D eigenvalue weighted by molar-refractivity contribution is 0.0998. The number of anilines is 1. The number of para-hydroxylation sites is 2. The molecule has 0 aliphatic rings. The van der Waals surface area contributed by atoms with Crippen LogP contribution in [0.2, 0.25) is 5.02 Å². The second-order valence-corrected chi connectivity index (χ2v) is 5.94. The molecule has 0 atom stereocenters. The zero-order chi connectivity index (χ0) is 17.4. The summed E-state index contributed by atoms with van der Waals surface area (Å²) in [4.78, 5) is 16.7. The number of aryl methyl sites for hydroxylation is 1. The van der Waals surface area contributed by atoms with Crippen molar-refractivity contribution in [3.63, 3.8) is 0 Å². The van der Waals surface area contributed by atoms with E-state index in [1.54, 1.807) is 35.3 Å². The van der Waals surface area contributed by atoms with Crippen molar-refractivity contribution in [1.29, 1.82) is 0 Å². The van der Waals surface area contributed by atoms with Gasteiger partial charge in [0.1, 0.15) is 18.2 Å². The SMILES string of the molecule is Cc1c(C(=O)Nc2ccccc2-n2cncn2)oc2ccc(Cl)cc12. The lowest BCUT2D eigenvalue weighted by atomic mass is 10.1. The van der Waals surface area contributed by atoms with E-state index in [-0.39, 0.29) is 11.7 Å². The van der Waals surface area contributed by atoms with Gasteiger partial charge in [-0.15, -0.1) is 0 Å². The first-order valence-electron chi connectivity index (χ1n) is 7.57. The van der Waals surface area contributed by atoms with Crippen molar-refractivity contribution in [1.82, 2.24) is 14.8 Å². The first kappa shape index (κ1) is 15.4. The summed E-state index contributed by atoms with van der Waals surface area (Å²) in [6, 6.07) is 12.6. The molecule has 2 heterocycles. The highest BCUT2D eigenvalue weighted by Crippen LogP contribution is 2.29. The van der Waals surface area contributed by atoms with Crippen LogP contribution in [0.3, 0.4) is 0 Å². The number of benzene rings is 2. The van der Waals surface area contributed by atoms with Crippen LogP contribution in [0, 0.1) is 6.92 Å². The van der Waals surface area contributed by atoms with E-state index in [1.807, 2.05) is 25.1 Å². The van der Waals surface area contributed by atoms with Gasteiger partial charge >= 0.3 is 0 Å². The van der Waals surface area contributed by atoms with Crippen LogP contribution < -0.4 is 5.32 Å². The highest BCUT2D eigenvalue weighted by Gasteiger charge is 2.19. The number of hydrogen-bond acceptors (Lipinski definition) is 4. The number of aromatic nitrogens is 3. The topological polar surface area (TPSA) is 73.0 Å². The summed E-state index contributed by atoms with van der Waals surface area (Å²) in [5.41, 5.74) is 2.69. The molecule has 0 radical (unpaired) electrons. The van der Waals surface area contributed by atoms with Crippen molar-refractivity contribution < 1.29 is 9.21 Å². The number of nitrogens with one attached hydrogen (secondary N) is 1. The number of furan rings is 1. The fraction of sp³-hybridized carbons (Fsp3) is 0.0556. The molecule has 1 N–H and O–H groups in total. The van der Waals surface area contributed by atoms with Crippen molar-refractivity contribution in [3.8, 4) is 5.69 Å². The number of halogens is 1. The molecule has 0 saturated carbocycles. The van der Waals surface area contributed by atoms with Crippen LogP contribution >= 0.6 is 11.6 Å². The van der Waals surface area contributed by atoms with Gasteiger partial charge in [0.05, 0.1) is 11.4 Å². The maximum atomic E-state index is 12.7. The summed E-state index contributed by atoms with van der Waals surface area (Å²) in [5, 5.41) is 8.40. The lowest BCUT2D eigenvalue weighted by Gasteiger charge is -2.09. The van der Waals surface area contributed by atoms with Gasteiger partial charge in [-0.1, -0.05) is 23.7 Å². The monoisotopic (exact) mass is 352 g/mol. The van der Waals surface area contributed by atoms with E-state index >= 15 is 0 Å². The Hall–Kier alpha value is -3.12. The zero-order valence-electron chi connectivity index (χ0n) is 13.2. The average molecular weight is 353 g/mol. The maximum absolute atomic E-state index is 12.7. The molecule has 0 unspecified atom stereocenters. The molecular weight excluding hydrogens is 340 g/mol. The average Bonchev–Trinajstić information content (AvgIpc) is 3.24. The fourth-order valence-electron chi connectivity index (χ4n) is 2.70. The number of fused-ring (bicyclic) bond motifs is 1. The van der Waals surface area contributed by atoms with Crippen LogP contribution in [-0.2, 0) is 0 Å². The van der Waals surface area contributed by atoms with Gasteiger partial charge in [-0.2, -0.15) is 5.10 Å². The summed E-state index contributed by atoms with van der Waals surface area (Å²) in [6.45, 7) is 1.83. The Balaban J connectivity index is 1.71. The van der Waals surface area contributed by atoms with E-state index in [1.165, 1.54) is 6.33 Å². The molecular formula is C18H13ClN4O2. The molecule has 0 fully saturated rings. The molecule has 7 heteroatoms. The van der Waals surface area contributed by atoms with Crippen molar-refractivity contribution in [2.45, 2.75) is 6.92 Å². The Morgan fingerprint density at radius 1 is 1.24 bits per heavy atom. The first-order valence-corrected chi connectivity index (χ1v) is 7.95. The predicted molar refractivity (Wildman–Crippen MR) is 95.3 cm³/mol. The number of carbonyl (C=O) groups is 1. The van der Waals surface area contributed by atoms with Gasteiger partial charge in [-0.05, 0) is 37.3 Å². The molecule has 6 nitrogen and oxygen atoms in total. The fourth-order valence-corrected chi connectivity index (χ4v) is 2.87. The summed E-state index contributed by atoms with van der Waals surface area (Å²) in [5.74, 6) is -0.0805.